The van der Waals surface area contributed by atoms with Gasteiger partial charge in [0.1, 0.15) is 5.54 Å². The number of aliphatic carboxylic acids is 1. The Morgan fingerprint density at radius 2 is 2.11 bits per heavy atom. The van der Waals surface area contributed by atoms with Crippen molar-refractivity contribution in [3.8, 4) is 0 Å². The van der Waals surface area contributed by atoms with Crippen LogP contribution in [0.15, 0.2) is 0 Å². The van der Waals surface area contributed by atoms with Gasteiger partial charge in [-0.05, 0) is 46.0 Å². The number of nitrogens with one attached hydrogen (secondary N) is 1. The molecule has 1 saturated carbocycles. The standard InChI is InChI=1S/C14H27NO3/c1-11(2)15-14(3,13(16)17)8-4-9-18-10-7-12-5-6-12/h11-12,15H,4-10H2,1-3H3,(H,16,17). The van der Waals surface area contributed by atoms with Gasteiger partial charge in [0, 0.05) is 19.3 Å². The summed E-state index contributed by atoms with van der Waals surface area (Å²) in [6.07, 6.45) is 5.27. The highest BCUT2D eigenvalue weighted by Gasteiger charge is 2.32. The molecule has 1 aliphatic rings. The molecule has 2 N–H and O–H groups in total. The van der Waals surface area contributed by atoms with Crippen LogP contribution in [0.4, 0.5) is 0 Å². The molecule has 0 aromatic rings. The summed E-state index contributed by atoms with van der Waals surface area (Å²) in [5.41, 5.74) is -0.839. The van der Waals surface area contributed by atoms with Gasteiger partial charge in [0.15, 0.2) is 0 Å². The summed E-state index contributed by atoms with van der Waals surface area (Å²) >= 11 is 0. The fourth-order valence-electron chi connectivity index (χ4n) is 2.16. The van der Waals surface area contributed by atoms with E-state index in [1.807, 2.05) is 13.8 Å². The number of rotatable bonds is 10. The molecule has 1 fully saturated rings. The molecule has 0 radical (unpaired) electrons. The van der Waals surface area contributed by atoms with Crippen LogP contribution in [0.25, 0.3) is 0 Å². The summed E-state index contributed by atoms with van der Waals surface area (Å²) in [6.45, 7) is 7.17. The first-order chi connectivity index (χ1) is 8.44. The SMILES string of the molecule is CC(C)NC(C)(CCCOCCC1CC1)C(=O)O. The van der Waals surface area contributed by atoms with Crippen LogP contribution >= 0.6 is 0 Å². The van der Waals surface area contributed by atoms with E-state index >= 15 is 0 Å². The van der Waals surface area contributed by atoms with Crippen LogP contribution in [0.5, 0.6) is 0 Å². The second-order valence-corrected chi connectivity index (χ2v) is 5.88. The van der Waals surface area contributed by atoms with Gasteiger partial charge in [-0.3, -0.25) is 10.1 Å². The predicted molar refractivity (Wildman–Crippen MR) is 71.7 cm³/mol. The van der Waals surface area contributed by atoms with Crippen molar-refractivity contribution < 1.29 is 14.6 Å². The minimum atomic E-state index is -0.839. The van der Waals surface area contributed by atoms with Crippen molar-refractivity contribution in [2.24, 2.45) is 5.92 Å². The predicted octanol–water partition coefficient (Wildman–Crippen LogP) is 2.42. The first kappa shape index (κ1) is 15.4. The normalized spacial score (nSPS) is 18.9. The third-order valence-electron chi connectivity index (χ3n) is 3.41. The Kier molecular flexibility index (Phi) is 6.09. The molecule has 4 heteroatoms. The van der Waals surface area contributed by atoms with Gasteiger partial charge in [0.2, 0.25) is 0 Å². The Labute approximate surface area is 110 Å². The van der Waals surface area contributed by atoms with E-state index in [0.717, 1.165) is 18.9 Å². The lowest BCUT2D eigenvalue weighted by Gasteiger charge is -2.28. The van der Waals surface area contributed by atoms with E-state index in [2.05, 4.69) is 5.32 Å². The van der Waals surface area contributed by atoms with E-state index in [9.17, 15) is 9.90 Å². The van der Waals surface area contributed by atoms with Gasteiger partial charge < -0.3 is 9.84 Å². The monoisotopic (exact) mass is 257 g/mol. The Morgan fingerprint density at radius 3 is 2.61 bits per heavy atom. The summed E-state index contributed by atoms with van der Waals surface area (Å²) < 4.78 is 5.54. The smallest absolute Gasteiger partial charge is 0.323 e. The largest absolute Gasteiger partial charge is 0.480 e. The van der Waals surface area contributed by atoms with Gasteiger partial charge in [-0.25, -0.2) is 0 Å². The molecule has 0 heterocycles. The van der Waals surface area contributed by atoms with E-state index in [1.165, 1.54) is 19.3 Å². The van der Waals surface area contributed by atoms with Gasteiger partial charge in [-0.1, -0.05) is 12.8 Å². The molecule has 18 heavy (non-hydrogen) atoms. The van der Waals surface area contributed by atoms with E-state index in [4.69, 9.17) is 4.74 Å². The van der Waals surface area contributed by atoms with Crippen LogP contribution in [0.2, 0.25) is 0 Å². The highest BCUT2D eigenvalue weighted by molar-refractivity contribution is 5.78. The maximum Gasteiger partial charge on any atom is 0.323 e. The van der Waals surface area contributed by atoms with Crippen molar-refractivity contribution >= 4 is 5.97 Å². The third kappa shape index (κ3) is 5.83. The maximum absolute atomic E-state index is 11.3. The van der Waals surface area contributed by atoms with E-state index in [-0.39, 0.29) is 6.04 Å². The Bertz CT molecular complexity index is 264. The van der Waals surface area contributed by atoms with Crippen LogP contribution in [0.3, 0.4) is 0 Å². The van der Waals surface area contributed by atoms with Crippen molar-refractivity contribution in [1.82, 2.24) is 5.32 Å². The zero-order valence-corrected chi connectivity index (χ0v) is 11.9. The molecule has 1 rings (SSSR count). The van der Waals surface area contributed by atoms with Gasteiger partial charge in [-0.2, -0.15) is 0 Å². The summed E-state index contributed by atoms with van der Waals surface area (Å²) in [5, 5.41) is 12.4. The van der Waals surface area contributed by atoms with Gasteiger partial charge in [0.25, 0.3) is 0 Å². The number of carboxylic acids is 1. The number of carboxylic acid groups (broad SMARTS) is 1. The summed E-state index contributed by atoms with van der Waals surface area (Å²) in [4.78, 5) is 11.3. The molecule has 0 bridgehead atoms. The van der Waals surface area contributed by atoms with Gasteiger partial charge in [-0.15, -0.1) is 0 Å². The molecule has 0 amide bonds. The van der Waals surface area contributed by atoms with Crippen molar-refractivity contribution in [2.45, 2.75) is 64.5 Å². The zero-order chi connectivity index (χ0) is 13.6. The second kappa shape index (κ2) is 7.10. The lowest BCUT2D eigenvalue weighted by Crippen LogP contribution is -2.52. The third-order valence-corrected chi connectivity index (χ3v) is 3.41. The van der Waals surface area contributed by atoms with Crippen LogP contribution in [0, 0.1) is 5.92 Å². The van der Waals surface area contributed by atoms with Crippen molar-refractivity contribution in [3.05, 3.63) is 0 Å². The van der Waals surface area contributed by atoms with E-state index in [0.29, 0.717) is 13.0 Å². The van der Waals surface area contributed by atoms with Crippen molar-refractivity contribution in [3.63, 3.8) is 0 Å². The molecular weight excluding hydrogens is 230 g/mol. The first-order valence-corrected chi connectivity index (χ1v) is 7.03. The fourth-order valence-corrected chi connectivity index (χ4v) is 2.16. The van der Waals surface area contributed by atoms with Gasteiger partial charge >= 0.3 is 5.97 Å². The quantitative estimate of drug-likeness (QED) is 0.590. The first-order valence-electron chi connectivity index (χ1n) is 7.03. The molecule has 106 valence electrons. The van der Waals surface area contributed by atoms with Crippen molar-refractivity contribution in [1.29, 1.82) is 0 Å². The summed E-state index contributed by atoms with van der Waals surface area (Å²) in [7, 11) is 0. The minimum Gasteiger partial charge on any atom is -0.480 e. The average molecular weight is 257 g/mol. The molecule has 0 aromatic carbocycles. The van der Waals surface area contributed by atoms with E-state index in [1.54, 1.807) is 6.92 Å². The molecule has 1 aliphatic carbocycles. The highest BCUT2D eigenvalue weighted by atomic mass is 16.5. The molecule has 0 aliphatic heterocycles. The maximum atomic E-state index is 11.3. The minimum absolute atomic E-state index is 0.168. The Morgan fingerprint density at radius 1 is 1.44 bits per heavy atom. The Balaban J connectivity index is 2.13. The molecule has 0 aromatic heterocycles. The Hall–Kier alpha value is -0.610. The fraction of sp³-hybridized carbons (Fsp3) is 0.929. The number of hydrogen-bond acceptors (Lipinski definition) is 3. The molecule has 0 saturated heterocycles. The second-order valence-electron chi connectivity index (χ2n) is 5.88. The lowest BCUT2D eigenvalue weighted by atomic mass is 9.95. The van der Waals surface area contributed by atoms with Crippen LogP contribution in [0.1, 0.15) is 52.9 Å². The molecule has 1 unspecified atom stereocenters. The average Bonchev–Trinajstić information content (AvgIpc) is 3.05. The zero-order valence-electron chi connectivity index (χ0n) is 11.9. The number of carbonyl (C=O) groups is 1. The molecule has 0 spiro atoms. The van der Waals surface area contributed by atoms with E-state index < -0.39 is 11.5 Å². The molecule has 4 nitrogen and oxygen atoms in total. The topological polar surface area (TPSA) is 58.6 Å². The summed E-state index contributed by atoms with van der Waals surface area (Å²) in [5.74, 6) is 0.117. The lowest BCUT2D eigenvalue weighted by molar-refractivity contribution is -0.144. The van der Waals surface area contributed by atoms with Crippen LogP contribution in [-0.4, -0.2) is 35.9 Å². The number of ether oxygens (including phenoxy) is 1. The van der Waals surface area contributed by atoms with Gasteiger partial charge in [0.05, 0.1) is 0 Å². The molecule has 1 atom stereocenters. The molecular formula is C14H27NO3. The number of hydrogen-bond donors (Lipinski definition) is 2. The highest BCUT2D eigenvalue weighted by Crippen LogP contribution is 2.32. The van der Waals surface area contributed by atoms with Crippen LogP contribution < -0.4 is 5.32 Å². The van der Waals surface area contributed by atoms with Crippen LogP contribution in [-0.2, 0) is 9.53 Å². The summed E-state index contributed by atoms with van der Waals surface area (Å²) in [6, 6.07) is 0.168. The van der Waals surface area contributed by atoms with Crippen molar-refractivity contribution in [2.75, 3.05) is 13.2 Å².